The van der Waals surface area contributed by atoms with Crippen molar-refractivity contribution in [1.82, 2.24) is 5.32 Å². The Morgan fingerprint density at radius 1 is 1.43 bits per heavy atom. The molecule has 0 aromatic rings. The van der Waals surface area contributed by atoms with E-state index in [-0.39, 0.29) is 0 Å². The Kier molecular flexibility index (Phi) is 7.50. The molecule has 14 heavy (non-hydrogen) atoms. The van der Waals surface area contributed by atoms with Crippen molar-refractivity contribution in [3.8, 4) is 0 Å². The van der Waals surface area contributed by atoms with Gasteiger partial charge in [0.15, 0.2) is 0 Å². The molecule has 0 fully saturated rings. The largest absolute Gasteiger partial charge is 0.313 e. The molecule has 0 bridgehead atoms. The summed E-state index contributed by atoms with van der Waals surface area (Å²) in [7, 11) is 0. The highest BCUT2D eigenvalue weighted by Gasteiger charge is 2.08. The van der Waals surface area contributed by atoms with Gasteiger partial charge in [-0.05, 0) is 25.8 Å². The van der Waals surface area contributed by atoms with Crippen LogP contribution < -0.4 is 5.32 Å². The van der Waals surface area contributed by atoms with E-state index in [0.717, 1.165) is 19.0 Å². The quantitative estimate of drug-likeness (QED) is 0.726. The number of rotatable bonds is 3. The smallest absolute Gasteiger partial charge is 0.0167 e. The molecule has 0 heterocycles. The molecule has 1 N–H and O–H groups in total. The van der Waals surface area contributed by atoms with Crippen LogP contribution in [-0.2, 0) is 0 Å². The van der Waals surface area contributed by atoms with Gasteiger partial charge in [-0.2, -0.15) is 0 Å². The molecule has 0 spiro atoms. The van der Waals surface area contributed by atoms with E-state index in [1.807, 2.05) is 13.8 Å². The van der Waals surface area contributed by atoms with Gasteiger partial charge < -0.3 is 5.32 Å². The maximum atomic E-state index is 3.36. The average molecular weight is 195 g/mol. The van der Waals surface area contributed by atoms with Crippen LogP contribution in [-0.4, -0.2) is 13.1 Å². The third kappa shape index (κ3) is 5.23. The van der Waals surface area contributed by atoms with E-state index >= 15 is 0 Å². The van der Waals surface area contributed by atoms with Crippen LogP contribution in [0, 0.1) is 5.92 Å². The van der Waals surface area contributed by atoms with Crippen molar-refractivity contribution in [2.75, 3.05) is 13.1 Å². The minimum Gasteiger partial charge on any atom is -0.313 e. The van der Waals surface area contributed by atoms with Gasteiger partial charge in [0, 0.05) is 6.54 Å². The van der Waals surface area contributed by atoms with Crippen LogP contribution in [0.4, 0.5) is 0 Å². The van der Waals surface area contributed by atoms with E-state index in [2.05, 4.69) is 38.2 Å². The SMILES string of the molecule is CC.CCNCC1=CC(C)=CC(C)C1. The van der Waals surface area contributed by atoms with Crippen LogP contribution in [0.15, 0.2) is 23.3 Å². The molecule has 1 atom stereocenters. The van der Waals surface area contributed by atoms with E-state index in [9.17, 15) is 0 Å². The van der Waals surface area contributed by atoms with Gasteiger partial charge in [-0.3, -0.25) is 0 Å². The highest BCUT2D eigenvalue weighted by Crippen LogP contribution is 2.21. The van der Waals surface area contributed by atoms with Gasteiger partial charge in [-0.25, -0.2) is 0 Å². The molecule has 1 rings (SSSR count). The number of likely N-dealkylation sites (N-methyl/N-ethyl adjacent to an activating group) is 1. The maximum Gasteiger partial charge on any atom is 0.0167 e. The summed E-state index contributed by atoms with van der Waals surface area (Å²) >= 11 is 0. The first kappa shape index (κ1) is 13.4. The molecule has 0 radical (unpaired) electrons. The predicted molar refractivity (Wildman–Crippen MR) is 65.5 cm³/mol. The minimum atomic E-state index is 0.726. The topological polar surface area (TPSA) is 12.0 Å². The summed E-state index contributed by atoms with van der Waals surface area (Å²) in [6, 6.07) is 0. The molecule has 0 aromatic heterocycles. The van der Waals surface area contributed by atoms with Crippen LogP contribution >= 0.6 is 0 Å². The van der Waals surface area contributed by atoms with Crippen LogP contribution in [0.3, 0.4) is 0 Å². The highest BCUT2D eigenvalue weighted by atomic mass is 14.8. The number of nitrogens with one attached hydrogen (secondary N) is 1. The summed E-state index contributed by atoms with van der Waals surface area (Å²) in [6.45, 7) is 12.7. The molecule has 0 saturated heterocycles. The van der Waals surface area contributed by atoms with Crippen molar-refractivity contribution >= 4 is 0 Å². The fourth-order valence-electron chi connectivity index (χ4n) is 1.76. The lowest BCUT2D eigenvalue weighted by Gasteiger charge is -2.17. The summed E-state index contributed by atoms with van der Waals surface area (Å²) in [5.74, 6) is 0.726. The van der Waals surface area contributed by atoms with Crippen LogP contribution in [0.25, 0.3) is 0 Å². The van der Waals surface area contributed by atoms with E-state index in [0.29, 0.717) is 0 Å². The fourth-order valence-corrected chi connectivity index (χ4v) is 1.76. The molecule has 82 valence electrons. The Hall–Kier alpha value is -0.560. The zero-order chi connectivity index (χ0) is 11.0. The molecule has 1 aliphatic rings. The maximum absolute atomic E-state index is 3.36. The molecular formula is C13H25N. The first-order chi connectivity index (χ1) is 6.72. The lowest BCUT2D eigenvalue weighted by atomic mass is 9.92. The Bertz CT molecular complexity index is 201. The van der Waals surface area contributed by atoms with Gasteiger partial charge in [0.2, 0.25) is 0 Å². The van der Waals surface area contributed by atoms with Gasteiger partial charge in [-0.15, -0.1) is 0 Å². The van der Waals surface area contributed by atoms with Gasteiger partial charge in [0.25, 0.3) is 0 Å². The first-order valence-electron chi connectivity index (χ1n) is 5.81. The van der Waals surface area contributed by atoms with E-state index in [1.165, 1.54) is 12.0 Å². The van der Waals surface area contributed by atoms with Gasteiger partial charge in [-0.1, -0.05) is 51.0 Å². The van der Waals surface area contributed by atoms with Crippen molar-refractivity contribution in [3.05, 3.63) is 23.3 Å². The third-order valence-electron chi connectivity index (χ3n) is 2.17. The average Bonchev–Trinajstić information content (AvgIpc) is 2.16. The lowest BCUT2D eigenvalue weighted by molar-refractivity contribution is 0.656. The zero-order valence-electron chi connectivity index (χ0n) is 10.4. The number of allylic oxidation sites excluding steroid dienone is 3. The van der Waals surface area contributed by atoms with E-state index in [4.69, 9.17) is 0 Å². The zero-order valence-corrected chi connectivity index (χ0v) is 10.4. The van der Waals surface area contributed by atoms with Gasteiger partial charge in [0.1, 0.15) is 0 Å². The molecule has 0 amide bonds. The van der Waals surface area contributed by atoms with Gasteiger partial charge in [0.05, 0.1) is 0 Å². The summed E-state index contributed by atoms with van der Waals surface area (Å²) in [5, 5.41) is 3.36. The van der Waals surface area contributed by atoms with Crippen LogP contribution in [0.2, 0.25) is 0 Å². The molecule has 1 heteroatoms. The Balaban J connectivity index is 0.000000791. The van der Waals surface area contributed by atoms with Crippen molar-refractivity contribution in [3.63, 3.8) is 0 Å². The molecule has 1 aliphatic carbocycles. The molecule has 1 unspecified atom stereocenters. The molecule has 0 aromatic carbocycles. The standard InChI is InChI=1S/C11H19N.C2H6/c1-4-12-8-11-6-9(2)5-10(3)7-11;1-2/h5-6,10,12H,4,7-8H2,1-3H3;1-2H3. The lowest BCUT2D eigenvalue weighted by Crippen LogP contribution is -2.18. The third-order valence-corrected chi connectivity index (χ3v) is 2.17. The Morgan fingerprint density at radius 3 is 2.57 bits per heavy atom. The highest BCUT2D eigenvalue weighted by molar-refractivity contribution is 5.28. The Labute approximate surface area is 89.3 Å². The second kappa shape index (κ2) is 7.81. The minimum absolute atomic E-state index is 0.726. The van der Waals surface area contributed by atoms with E-state index < -0.39 is 0 Å². The monoisotopic (exact) mass is 195 g/mol. The van der Waals surface area contributed by atoms with Crippen molar-refractivity contribution in [2.45, 2.75) is 41.0 Å². The summed E-state index contributed by atoms with van der Waals surface area (Å²) < 4.78 is 0. The first-order valence-corrected chi connectivity index (χ1v) is 5.81. The normalized spacial score (nSPS) is 20.5. The predicted octanol–water partition coefficient (Wildman–Crippen LogP) is 3.53. The molecule has 0 aliphatic heterocycles. The van der Waals surface area contributed by atoms with Crippen molar-refractivity contribution < 1.29 is 0 Å². The number of hydrogen-bond acceptors (Lipinski definition) is 1. The molecule has 0 saturated carbocycles. The van der Waals surface area contributed by atoms with Crippen molar-refractivity contribution in [1.29, 1.82) is 0 Å². The Morgan fingerprint density at radius 2 is 2.07 bits per heavy atom. The van der Waals surface area contributed by atoms with E-state index in [1.54, 1.807) is 5.57 Å². The van der Waals surface area contributed by atoms with Crippen LogP contribution in [0.5, 0.6) is 0 Å². The van der Waals surface area contributed by atoms with Gasteiger partial charge >= 0.3 is 0 Å². The summed E-state index contributed by atoms with van der Waals surface area (Å²) in [4.78, 5) is 0. The second-order valence-corrected chi connectivity index (χ2v) is 3.68. The van der Waals surface area contributed by atoms with Crippen LogP contribution in [0.1, 0.15) is 41.0 Å². The molecular weight excluding hydrogens is 170 g/mol. The summed E-state index contributed by atoms with van der Waals surface area (Å²) in [5.41, 5.74) is 2.96. The number of hydrogen-bond donors (Lipinski definition) is 1. The molecule has 1 nitrogen and oxygen atoms in total. The summed E-state index contributed by atoms with van der Waals surface area (Å²) in [6.07, 6.45) is 5.88. The van der Waals surface area contributed by atoms with Crippen molar-refractivity contribution in [2.24, 2.45) is 5.92 Å². The fraction of sp³-hybridized carbons (Fsp3) is 0.692. The second-order valence-electron chi connectivity index (χ2n) is 3.68.